The maximum absolute atomic E-state index is 6.19. The van der Waals surface area contributed by atoms with E-state index in [1.54, 1.807) is 21.6 Å². The van der Waals surface area contributed by atoms with E-state index in [1.165, 1.54) is 23.1 Å². The highest BCUT2D eigenvalue weighted by Crippen LogP contribution is 2.53. The Balaban J connectivity index is 1.44. The number of nitrogens with zero attached hydrogens (tertiary/aromatic N) is 2. The molecule has 0 saturated heterocycles. The molecule has 6 aromatic rings. The van der Waals surface area contributed by atoms with Crippen molar-refractivity contribution in [3.05, 3.63) is 119 Å². The summed E-state index contributed by atoms with van der Waals surface area (Å²) in [5, 5.41) is 1.43. The van der Waals surface area contributed by atoms with E-state index in [9.17, 15) is 0 Å². The van der Waals surface area contributed by atoms with Crippen LogP contribution in [0, 0.1) is 0 Å². The van der Waals surface area contributed by atoms with Crippen molar-refractivity contribution >= 4 is 67.9 Å². The first-order chi connectivity index (χ1) is 18.7. The number of rotatable bonds is 7. The summed E-state index contributed by atoms with van der Waals surface area (Å²) in [6.07, 6.45) is 0. The fourth-order valence-corrected chi connectivity index (χ4v) is 9.20. The summed E-state index contributed by atoms with van der Waals surface area (Å²) in [4.78, 5) is 4.49. The molecule has 2 nitrogen and oxygen atoms in total. The number of benzene rings is 4. The Morgan fingerprint density at radius 2 is 0.816 bits per heavy atom. The summed E-state index contributed by atoms with van der Waals surface area (Å²) < 4.78 is 9.81. The third-order valence-electron chi connectivity index (χ3n) is 5.81. The first-order valence-electron chi connectivity index (χ1n) is 11.6. The van der Waals surface area contributed by atoms with Crippen LogP contribution in [0.15, 0.2) is 119 Å². The quantitative estimate of drug-likeness (QED) is 0.169. The third kappa shape index (κ3) is 5.43. The van der Waals surface area contributed by atoms with Gasteiger partial charge in [0.25, 0.3) is 0 Å². The smallest absolute Gasteiger partial charge is 0.0991 e. The lowest BCUT2D eigenvalue weighted by molar-refractivity contribution is 1.41. The monoisotopic (exact) mass is 604 g/mol. The lowest BCUT2D eigenvalue weighted by Crippen LogP contribution is -1.83. The molecule has 4 aromatic carbocycles. The first kappa shape index (κ1) is 25.7. The molecule has 0 bridgehead atoms. The van der Waals surface area contributed by atoms with Crippen LogP contribution < -0.4 is 0 Å². The molecule has 0 N–H and O–H groups in total. The largest absolute Gasteiger partial charge is 0.191 e. The Hall–Kier alpha value is -2.58. The van der Waals surface area contributed by atoms with Crippen molar-refractivity contribution in [1.82, 2.24) is 8.75 Å². The Kier molecular flexibility index (Phi) is 7.88. The van der Waals surface area contributed by atoms with Crippen molar-refractivity contribution in [3.8, 4) is 43.4 Å². The molecular formula is C30H18Cl2N2S4. The van der Waals surface area contributed by atoms with Crippen molar-refractivity contribution in [1.29, 1.82) is 0 Å². The number of hydrogen-bond acceptors (Lipinski definition) is 6. The molecule has 0 atom stereocenters. The molecule has 0 aliphatic carbocycles. The predicted octanol–water partition coefficient (Wildman–Crippen LogP) is 11.4. The fourth-order valence-electron chi connectivity index (χ4n) is 3.93. The minimum Gasteiger partial charge on any atom is -0.191 e. The lowest BCUT2D eigenvalue weighted by Gasteiger charge is -2.09. The number of halogens is 2. The third-order valence-corrected chi connectivity index (χ3v) is 10.8. The molecule has 2 aromatic heterocycles. The molecule has 38 heavy (non-hydrogen) atoms. The van der Waals surface area contributed by atoms with Crippen LogP contribution in [0.4, 0.5) is 0 Å². The van der Waals surface area contributed by atoms with E-state index in [-0.39, 0.29) is 0 Å². The minimum absolute atomic E-state index is 0.717. The maximum Gasteiger partial charge on any atom is 0.0991 e. The SMILES string of the molecule is Clc1ccc(-c2snc(-c3ccccc3)c2SSc2c(-c3ccccc3)nsc2-c2ccc(Cl)cc2)cc1. The second-order valence-electron chi connectivity index (χ2n) is 8.29. The van der Waals surface area contributed by atoms with E-state index in [0.29, 0.717) is 0 Å². The van der Waals surface area contributed by atoms with Crippen LogP contribution in [-0.2, 0) is 0 Å². The Morgan fingerprint density at radius 3 is 1.18 bits per heavy atom. The van der Waals surface area contributed by atoms with Crippen LogP contribution in [-0.4, -0.2) is 8.75 Å². The molecule has 0 spiro atoms. The zero-order chi connectivity index (χ0) is 25.9. The average Bonchev–Trinajstić information content (AvgIpc) is 3.58. The van der Waals surface area contributed by atoms with Gasteiger partial charge in [-0.2, -0.15) is 8.75 Å². The average molecular weight is 606 g/mol. The van der Waals surface area contributed by atoms with Gasteiger partial charge >= 0.3 is 0 Å². The zero-order valence-corrected chi connectivity index (χ0v) is 24.5. The highest BCUT2D eigenvalue weighted by molar-refractivity contribution is 8.76. The molecule has 0 saturated carbocycles. The van der Waals surface area contributed by atoms with Crippen LogP contribution in [0.1, 0.15) is 0 Å². The van der Waals surface area contributed by atoms with Crippen molar-refractivity contribution in [2.45, 2.75) is 9.79 Å². The minimum atomic E-state index is 0.717. The van der Waals surface area contributed by atoms with Gasteiger partial charge in [0, 0.05) is 21.2 Å². The van der Waals surface area contributed by atoms with E-state index in [0.717, 1.165) is 63.2 Å². The number of hydrogen-bond donors (Lipinski definition) is 0. The van der Waals surface area contributed by atoms with Gasteiger partial charge in [-0.05, 0) is 80.0 Å². The van der Waals surface area contributed by atoms with Gasteiger partial charge in [-0.1, -0.05) is 108 Å². The Labute approximate surface area is 247 Å². The summed E-state index contributed by atoms with van der Waals surface area (Å²) >= 11 is 15.4. The van der Waals surface area contributed by atoms with Crippen LogP contribution in [0.25, 0.3) is 43.4 Å². The topological polar surface area (TPSA) is 25.8 Å². The summed E-state index contributed by atoms with van der Waals surface area (Å²) in [7, 11) is 3.45. The van der Waals surface area contributed by atoms with Crippen molar-refractivity contribution in [2.24, 2.45) is 0 Å². The normalized spacial score (nSPS) is 11.1. The first-order valence-corrected chi connectivity index (χ1v) is 16.1. The van der Waals surface area contributed by atoms with Crippen LogP contribution in [0.3, 0.4) is 0 Å². The summed E-state index contributed by atoms with van der Waals surface area (Å²) in [6.45, 7) is 0. The van der Waals surface area contributed by atoms with Gasteiger partial charge in [-0.3, -0.25) is 0 Å². The molecule has 186 valence electrons. The molecule has 8 heteroatoms. The van der Waals surface area contributed by atoms with Gasteiger partial charge in [0.1, 0.15) is 0 Å². The molecule has 2 heterocycles. The van der Waals surface area contributed by atoms with E-state index in [2.05, 4.69) is 48.5 Å². The van der Waals surface area contributed by atoms with Crippen LogP contribution >= 0.6 is 67.9 Å². The van der Waals surface area contributed by atoms with E-state index in [4.69, 9.17) is 31.9 Å². The second-order valence-corrected chi connectivity index (χ2v) is 12.9. The molecule has 6 rings (SSSR count). The highest BCUT2D eigenvalue weighted by atomic mass is 35.5. The molecule has 0 radical (unpaired) electrons. The van der Waals surface area contributed by atoms with Gasteiger partial charge in [0.05, 0.1) is 30.9 Å². The molecule has 0 aliphatic rings. The van der Waals surface area contributed by atoms with Gasteiger partial charge in [-0.25, -0.2) is 0 Å². The molecule has 0 amide bonds. The van der Waals surface area contributed by atoms with E-state index in [1.807, 2.05) is 60.7 Å². The van der Waals surface area contributed by atoms with Gasteiger partial charge < -0.3 is 0 Å². The van der Waals surface area contributed by atoms with E-state index >= 15 is 0 Å². The Bertz CT molecular complexity index is 1540. The second kappa shape index (κ2) is 11.7. The summed E-state index contributed by atoms with van der Waals surface area (Å²) in [5.74, 6) is 0. The summed E-state index contributed by atoms with van der Waals surface area (Å²) in [6, 6.07) is 36.6. The van der Waals surface area contributed by atoms with Crippen LogP contribution in [0.5, 0.6) is 0 Å². The Morgan fingerprint density at radius 1 is 0.447 bits per heavy atom. The lowest BCUT2D eigenvalue weighted by atomic mass is 10.1. The van der Waals surface area contributed by atoms with Crippen molar-refractivity contribution < 1.29 is 0 Å². The number of aromatic nitrogens is 2. The molecule has 0 unspecified atom stereocenters. The standard InChI is InChI=1S/C30H18Cl2N2S4/c31-23-15-11-21(12-16-23)27-29(25(33-35-27)19-7-3-1-4-8-19)37-38-30-26(20-9-5-2-6-10-20)34-36-28(30)22-13-17-24(32)18-14-22/h1-18H. The predicted molar refractivity (Wildman–Crippen MR) is 168 cm³/mol. The molecule has 0 aliphatic heterocycles. The summed E-state index contributed by atoms with van der Waals surface area (Å²) in [5.41, 5.74) is 6.35. The fraction of sp³-hybridized carbons (Fsp3) is 0. The molecule has 0 fully saturated rings. The highest BCUT2D eigenvalue weighted by Gasteiger charge is 2.22. The van der Waals surface area contributed by atoms with Crippen molar-refractivity contribution in [2.75, 3.05) is 0 Å². The van der Waals surface area contributed by atoms with E-state index < -0.39 is 0 Å². The molecular weight excluding hydrogens is 588 g/mol. The maximum atomic E-state index is 6.19. The van der Waals surface area contributed by atoms with Crippen molar-refractivity contribution in [3.63, 3.8) is 0 Å². The van der Waals surface area contributed by atoms with Gasteiger partial charge in [-0.15, -0.1) is 0 Å². The van der Waals surface area contributed by atoms with Gasteiger partial charge in [0.2, 0.25) is 0 Å². The van der Waals surface area contributed by atoms with Crippen LogP contribution in [0.2, 0.25) is 10.0 Å². The zero-order valence-electron chi connectivity index (χ0n) is 19.7. The van der Waals surface area contributed by atoms with Gasteiger partial charge in [0.15, 0.2) is 0 Å².